The lowest BCUT2D eigenvalue weighted by Crippen LogP contribution is -2.00. The van der Waals surface area contributed by atoms with Crippen LogP contribution >= 0.6 is 52.8 Å². The molecule has 0 bridgehead atoms. The molecule has 1 rings (SSSR count). The van der Waals surface area contributed by atoms with E-state index >= 15 is 0 Å². The van der Waals surface area contributed by atoms with Gasteiger partial charge in [0.15, 0.2) is 0 Å². The monoisotopic (exact) mass is 590 g/mol. The van der Waals surface area contributed by atoms with Gasteiger partial charge < -0.3 is 19.6 Å². The number of benzene rings is 1. The molecule has 5 nitrogen and oxygen atoms in total. The zero-order valence-corrected chi connectivity index (χ0v) is 19.4. The fraction of sp³-hybridized carbons (Fsp3) is 0.294. The average molecular weight is 590 g/mol. The highest BCUT2D eigenvalue weighted by atomic mass is 127. The van der Waals surface area contributed by atoms with Gasteiger partial charge >= 0.3 is 7.60 Å². The number of phenolic OH excluding ortho intramolecular Hbond substituents is 1. The summed E-state index contributed by atoms with van der Waals surface area (Å²) in [6, 6.07) is 5.05. The molecule has 0 aromatic heterocycles. The largest absolute Gasteiger partial charge is 0.508 e. The fourth-order valence-corrected chi connectivity index (χ4v) is 4.51. The maximum Gasteiger partial charge on any atom is 0.329 e. The molecule has 0 atom stereocenters. The van der Waals surface area contributed by atoms with Crippen molar-refractivity contribution in [3.05, 3.63) is 54.9 Å². The topological polar surface area (TPSA) is 87.0 Å². The fourth-order valence-electron chi connectivity index (χ4n) is 2.01. The van der Waals surface area contributed by atoms with E-state index in [2.05, 4.69) is 51.8 Å². The molecule has 0 unspecified atom stereocenters. The van der Waals surface area contributed by atoms with Crippen molar-refractivity contribution in [3.63, 3.8) is 0 Å². The highest BCUT2D eigenvalue weighted by Crippen LogP contribution is 2.38. The van der Waals surface area contributed by atoms with Crippen molar-refractivity contribution in [3.8, 4) is 11.5 Å². The number of phenols is 1. The van der Waals surface area contributed by atoms with Gasteiger partial charge in [-0.05, 0) is 87.9 Å². The molecule has 0 aliphatic heterocycles. The van der Waals surface area contributed by atoms with Crippen molar-refractivity contribution in [1.29, 1.82) is 0 Å². The maximum atomic E-state index is 11.1. The lowest BCUT2D eigenvalue weighted by atomic mass is 10.0. The van der Waals surface area contributed by atoms with Crippen LogP contribution in [0.3, 0.4) is 0 Å². The first-order valence-electron chi connectivity index (χ1n) is 7.37. The van der Waals surface area contributed by atoms with Crippen LogP contribution in [0.4, 0.5) is 0 Å². The highest BCUT2D eigenvalue weighted by molar-refractivity contribution is 14.1. The number of aromatic hydroxyl groups is 1. The van der Waals surface area contributed by atoms with Crippen molar-refractivity contribution < 1.29 is 24.2 Å². The number of ether oxygens (including phenoxy) is 1. The first-order chi connectivity index (χ1) is 11.4. The van der Waals surface area contributed by atoms with Gasteiger partial charge in [0.2, 0.25) is 0 Å². The molecule has 25 heavy (non-hydrogen) atoms. The minimum atomic E-state index is -4.16. The van der Waals surface area contributed by atoms with Gasteiger partial charge in [0.05, 0.1) is 9.74 Å². The Kier molecular flexibility index (Phi) is 8.66. The summed E-state index contributed by atoms with van der Waals surface area (Å²) in [5.74, 6) is 1.53. The van der Waals surface area contributed by atoms with Gasteiger partial charge in [-0.25, -0.2) is 0 Å². The molecule has 0 fully saturated rings. The van der Waals surface area contributed by atoms with Gasteiger partial charge in [-0.1, -0.05) is 20.4 Å². The molecule has 0 radical (unpaired) electrons. The summed E-state index contributed by atoms with van der Waals surface area (Å²) >= 11 is 4.18. The quantitative estimate of drug-likeness (QED) is 0.166. The van der Waals surface area contributed by atoms with Crippen molar-refractivity contribution >= 4 is 52.8 Å². The van der Waals surface area contributed by atoms with Crippen LogP contribution in [-0.2, 0) is 4.57 Å². The molecule has 0 saturated carbocycles. The Labute approximate surface area is 175 Å². The van der Waals surface area contributed by atoms with Gasteiger partial charge in [-0.2, -0.15) is 0 Å². The summed E-state index contributed by atoms with van der Waals surface area (Å²) in [6.45, 7) is 9.53. The summed E-state index contributed by atoms with van der Waals surface area (Å²) in [7, 11) is -4.16. The lowest BCUT2D eigenvalue weighted by Gasteiger charge is -2.15. The average Bonchev–Trinajstić information content (AvgIpc) is 2.43. The predicted molar refractivity (Wildman–Crippen MR) is 118 cm³/mol. The number of rotatable bonds is 7. The van der Waals surface area contributed by atoms with Crippen LogP contribution in [-0.4, -0.2) is 21.1 Å². The minimum absolute atomic E-state index is 0.148. The zero-order chi connectivity index (χ0) is 19.4. The van der Waals surface area contributed by atoms with Crippen LogP contribution in [0.1, 0.15) is 32.3 Å². The summed E-state index contributed by atoms with van der Waals surface area (Å²) in [4.78, 5) is 18.1. The third-order valence-electron chi connectivity index (χ3n) is 3.11. The first kappa shape index (κ1) is 22.7. The Balaban J connectivity index is 3.11. The van der Waals surface area contributed by atoms with E-state index in [1.54, 1.807) is 24.3 Å². The van der Waals surface area contributed by atoms with Gasteiger partial charge in [0, 0.05) is 9.14 Å². The van der Waals surface area contributed by atoms with Crippen molar-refractivity contribution in [2.24, 2.45) is 0 Å². The maximum absolute atomic E-state index is 11.1. The molecule has 1 aromatic rings. The third kappa shape index (κ3) is 7.82. The highest BCUT2D eigenvalue weighted by Gasteiger charge is 2.16. The van der Waals surface area contributed by atoms with Crippen LogP contribution in [0.15, 0.2) is 49.3 Å². The molecular formula is C17H21I2O5P. The Morgan fingerprint density at radius 2 is 1.96 bits per heavy atom. The Morgan fingerprint density at radius 1 is 1.36 bits per heavy atom. The lowest BCUT2D eigenvalue weighted by molar-refractivity contribution is 0.376. The number of hydrogen-bond acceptors (Lipinski definition) is 3. The Morgan fingerprint density at radius 3 is 2.44 bits per heavy atom. The van der Waals surface area contributed by atoms with E-state index in [1.165, 1.54) is 0 Å². The van der Waals surface area contributed by atoms with Crippen LogP contribution in [0.25, 0.3) is 0 Å². The van der Waals surface area contributed by atoms with E-state index in [-0.39, 0.29) is 11.7 Å². The van der Waals surface area contributed by atoms with Gasteiger partial charge in [-0.3, -0.25) is 4.57 Å². The molecule has 0 heterocycles. The normalized spacial score (nSPS) is 13.7. The molecule has 0 aliphatic carbocycles. The third-order valence-corrected chi connectivity index (χ3v) is 5.22. The summed E-state index contributed by atoms with van der Waals surface area (Å²) in [5, 5.41) is 9.92. The van der Waals surface area contributed by atoms with E-state index in [4.69, 9.17) is 14.5 Å². The smallest absolute Gasteiger partial charge is 0.329 e. The molecule has 138 valence electrons. The molecule has 0 aliphatic rings. The molecule has 8 heteroatoms. The molecule has 0 saturated heterocycles. The number of halogens is 2. The predicted octanol–water partition coefficient (Wildman–Crippen LogP) is 5.61. The van der Waals surface area contributed by atoms with Crippen LogP contribution in [0.2, 0.25) is 0 Å². The Hall–Kier alpha value is -0.350. The SMILES string of the molecule is C=C(/C=C(I)\C(Oc1ccc(O)c(C(C)C)c1)=C(/C)I)CP(=O)(O)O. The van der Waals surface area contributed by atoms with Gasteiger partial charge in [0.1, 0.15) is 17.3 Å². The van der Waals surface area contributed by atoms with E-state index in [0.29, 0.717) is 20.7 Å². The van der Waals surface area contributed by atoms with Crippen molar-refractivity contribution in [1.82, 2.24) is 0 Å². The second kappa shape index (κ2) is 9.55. The van der Waals surface area contributed by atoms with Crippen molar-refractivity contribution in [2.45, 2.75) is 26.7 Å². The molecule has 0 amide bonds. The summed E-state index contributed by atoms with van der Waals surface area (Å²) in [5.41, 5.74) is 1.11. The van der Waals surface area contributed by atoms with Crippen molar-refractivity contribution in [2.75, 3.05) is 6.16 Å². The standard InChI is InChI=1S/C17H21I2O5P/c1-10(2)14-8-13(5-6-16(14)20)24-17(12(4)18)15(19)7-11(3)9-25(21,22)23/h5-8,10,20H,3,9H2,1-2,4H3,(H2,21,22,23)/b15-7+,17-12-. The second-order valence-electron chi connectivity index (χ2n) is 5.81. The molecule has 0 spiro atoms. The van der Waals surface area contributed by atoms with Crippen LogP contribution in [0, 0.1) is 0 Å². The minimum Gasteiger partial charge on any atom is -0.508 e. The number of allylic oxidation sites excluding steroid dienone is 4. The first-order valence-corrected chi connectivity index (χ1v) is 11.3. The summed E-state index contributed by atoms with van der Waals surface area (Å²) in [6.07, 6.45) is 1.20. The van der Waals surface area contributed by atoms with E-state index in [9.17, 15) is 9.67 Å². The Bertz CT molecular complexity index is 758. The zero-order valence-electron chi connectivity index (χ0n) is 14.2. The van der Waals surface area contributed by atoms with Crippen LogP contribution < -0.4 is 4.74 Å². The molecule has 1 aromatic carbocycles. The van der Waals surface area contributed by atoms with Crippen LogP contribution in [0.5, 0.6) is 11.5 Å². The molecular weight excluding hydrogens is 569 g/mol. The summed E-state index contributed by atoms with van der Waals surface area (Å²) < 4.78 is 18.6. The van der Waals surface area contributed by atoms with Gasteiger partial charge in [-0.15, -0.1) is 0 Å². The van der Waals surface area contributed by atoms with E-state index < -0.39 is 13.8 Å². The van der Waals surface area contributed by atoms with E-state index in [1.807, 2.05) is 20.8 Å². The van der Waals surface area contributed by atoms with Gasteiger partial charge in [0.25, 0.3) is 0 Å². The number of hydrogen-bond donors (Lipinski definition) is 3. The second-order valence-corrected chi connectivity index (χ2v) is 10.2. The molecule has 3 N–H and O–H groups in total. The van der Waals surface area contributed by atoms with E-state index in [0.717, 1.165) is 9.14 Å².